The molecule has 0 N–H and O–H groups in total. The van der Waals surface area contributed by atoms with E-state index in [2.05, 4.69) is 162 Å². The highest BCUT2D eigenvalue weighted by molar-refractivity contribution is 6.14. The maximum absolute atomic E-state index is 6.80. The van der Waals surface area contributed by atoms with Gasteiger partial charge in [0.15, 0.2) is 0 Å². The summed E-state index contributed by atoms with van der Waals surface area (Å²) in [5.74, 6) is 0.934. The van der Waals surface area contributed by atoms with Gasteiger partial charge >= 0.3 is 0 Å². The SMILES string of the molecule is c1ccc(-n2c(-c3cccc4c3C3(c5ccccc5-c5ccccc53)c3ccc5c(oc6ccccc65)c3-4)nc3ccccc32)cc1. The van der Waals surface area contributed by atoms with Gasteiger partial charge in [-0.1, -0.05) is 127 Å². The van der Waals surface area contributed by atoms with Gasteiger partial charge in [0.1, 0.15) is 17.0 Å². The van der Waals surface area contributed by atoms with Crippen LogP contribution in [-0.2, 0) is 5.41 Å². The largest absolute Gasteiger partial charge is 0.455 e. The summed E-state index contributed by atoms with van der Waals surface area (Å²) >= 11 is 0. The van der Waals surface area contributed by atoms with E-state index in [-0.39, 0.29) is 0 Å². The molecule has 2 aromatic heterocycles. The molecule has 0 saturated heterocycles. The number of nitrogens with zero attached hydrogens (tertiary/aromatic N) is 2. The van der Waals surface area contributed by atoms with E-state index in [9.17, 15) is 0 Å². The number of para-hydroxylation sites is 4. The summed E-state index contributed by atoms with van der Waals surface area (Å²) < 4.78 is 9.12. The van der Waals surface area contributed by atoms with E-state index in [1.807, 2.05) is 0 Å². The van der Waals surface area contributed by atoms with Gasteiger partial charge in [0, 0.05) is 27.6 Å². The van der Waals surface area contributed by atoms with Gasteiger partial charge < -0.3 is 4.42 Å². The lowest BCUT2D eigenvalue weighted by Crippen LogP contribution is -2.27. The number of hydrogen-bond donors (Lipinski definition) is 0. The summed E-state index contributed by atoms with van der Waals surface area (Å²) in [7, 11) is 0. The second kappa shape index (κ2) is 8.96. The Bertz CT molecular complexity index is 2700. The van der Waals surface area contributed by atoms with Crippen LogP contribution in [0.3, 0.4) is 0 Å². The van der Waals surface area contributed by atoms with Crippen LogP contribution in [0.15, 0.2) is 162 Å². The summed E-state index contributed by atoms with van der Waals surface area (Å²) in [5, 5.41) is 2.28. The van der Waals surface area contributed by atoms with E-state index in [0.717, 1.165) is 50.0 Å². The third-order valence-corrected chi connectivity index (χ3v) is 10.4. The minimum absolute atomic E-state index is 0.554. The Morgan fingerprint density at radius 1 is 0.489 bits per heavy atom. The van der Waals surface area contributed by atoms with Crippen molar-refractivity contribution in [1.82, 2.24) is 9.55 Å². The molecule has 11 rings (SSSR count). The third kappa shape index (κ3) is 3.04. The van der Waals surface area contributed by atoms with E-state index < -0.39 is 5.41 Å². The molecule has 0 amide bonds. The van der Waals surface area contributed by atoms with Crippen LogP contribution in [-0.4, -0.2) is 9.55 Å². The molecular weight excluding hydrogens is 572 g/mol. The molecule has 9 aromatic rings. The number of furan rings is 1. The van der Waals surface area contributed by atoms with Gasteiger partial charge in [-0.3, -0.25) is 4.57 Å². The summed E-state index contributed by atoms with van der Waals surface area (Å²) in [6.45, 7) is 0. The number of benzene rings is 7. The van der Waals surface area contributed by atoms with E-state index in [1.165, 1.54) is 44.5 Å². The maximum Gasteiger partial charge on any atom is 0.146 e. The molecule has 0 saturated carbocycles. The van der Waals surface area contributed by atoms with Crippen molar-refractivity contribution in [3.63, 3.8) is 0 Å². The average Bonchev–Trinajstić information content (AvgIpc) is 3.87. The topological polar surface area (TPSA) is 31.0 Å². The summed E-state index contributed by atoms with van der Waals surface area (Å²) in [4.78, 5) is 5.40. The van der Waals surface area contributed by atoms with Crippen molar-refractivity contribution in [2.75, 3.05) is 0 Å². The van der Waals surface area contributed by atoms with Gasteiger partial charge in [-0.05, 0) is 69.3 Å². The molecule has 2 aliphatic rings. The molecule has 47 heavy (non-hydrogen) atoms. The molecule has 3 nitrogen and oxygen atoms in total. The molecule has 218 valence electrons. The van der Waals surface area contributed by atoms with E-state index in [0.29, 0.717) is 0 Å². The molecule has 0 atom stereocenters. The Morgan fingerprint density at radius 3 is 1.98 bits per heavy atom. The van der Waals surface area contributed by atoms with Crippen LogP contribution in [0.5, 0.6) is 0 Å². The third-order valence-electron chi connectivity index (χ3n) is 10.4. The highest BCUT2D eigenvalue weighted by Crippen LogP contribution is 2.65. The molecule has 1 spiro atoms. The Kier molecular flexibility index (Phi) is 4.78. The maximum atomic E-state index is 6.80. The van der Waals surface area contributed by atoms with Crippen molar-refractivity contribution in [2.45, 2.75) is 5.41 Å². The van der Waals surface area contributed by atoms with Crippen molar-refractivity contribution in [3.05, 3.63) is 180 Å². The van der Waals surface area contributed by atoms with Crippen molar-refractivity contribution in [2.24, 2.45) is 0 Å². The average molecular weight is 599 g/mol. The van der Waals surface area contributed by atoms with E-state index in [1.54, 1.807) is 0 Å². The zero-order chi connectivity index (χ0) is 30.7. The first kappa shape index (κ1) is 25.1. The number of rotatable bonds is 2. The molecule has 0 unspecified atom stereocenters. The summed E-state index contributed by atoms with van der Waals surface area (Å²) in [6.07, 6.45) is 0. The van der Waals surface area contributed by atoms with Crippen LogP contribution in [0, 0.1) is 0 Å². The Morgan fingerprint density at radius 2 is 1.15 bits per heavy atom. The van der Waals surface area contributed by atoms with Gasteiger partial charge in [0.25, 0.3) is 0 Å². The fraction of sp³-hybridized carbons (Fsp3) is 0.0227. The normalized spacial score (nSPS) is 13.7. The summed E-state index contributed by atoms with van der Waals surface area (Å²) in [6, 6.07) is 56.8. The predicted octanol–water partition coefficient (Wildman–Crippen LogP) is 10.9. The number of hydrogen-bond acceptors (Lipinski definition) is 2. The molecule has 3 heteroatoms. The zero-order valence-corrected chi connectivity index (χ0v) is 25.3. The molecular formula is C44H26N2O. The van der Waals surface area contributed by atoms with E-state index in [4.69, 9.17) is 9.40 Å². The Labute approximate surface area is 271 Å². The van der Waals surface area contributed by atoms with Crippen LogP contribution in [0.25, 0.3) is 72.3 Å². The molecule has 0 fully saturated rings. The fourth-order valence-electron chi connectivity index (χ4n) is 8.69. The minimum Gasteiger partial charge on any atom is -0.455 e. The Hall–Kier alpha value is -6.19. The fourth-order valence-corrected chi connectivity index (χ4v) is 8.69. The van der Waals surface area contributed by atoms with Gasteiger partial charge in [-0.2, -0.15) is 0 Å². The smallest absolute Gasteiger partial charge is 0.146 e. The van der Waals surface area contributed by atoms with Crippen LogP contribution in [0.4, 0.5) is 0 Å². The number of fused-ring (bicyclic) bond motifs is 15. The first-order valence-corrected chi connectivity index (χ1v) is 16.2. The zero-order valence-electron chi connectivity index (χ0n) is 25.3. The molecule has 0 aliphatic heterocycles. The standard InChI is InChI=1S/C44H26N2O/c1-2-13-27(14-3-1)46-38-23-10-9-22-37(38)45-43(46)33-19-12-18-32-40-36(26-25-31-30-17-6-11-24-39(30)47-42(31)40)44(41(32)33)34-20-7-4-15-28(34)29-16-5-8-21-35(29)44/h1-26H. The van der Waals surface area contributed by atoms with E-state index >= 15 is 0 Å². The predicted molar refractivity (Wildman–Crippen MR) is 190 cm³/mol. The van der Waals surface area contributed by atoms with Crippen molar-refractivity contribution in [3.8, 4) is 39.3 Å². The van der Waals surface area contributed by atoms with Gasteiger partial charge in [-0.25, -0.2) is 4.98 Å². The van der Waals surface area contributed by atoms with Crippen LogP contribution in [0.1, 0.15) is 22.3 Å². The minimum atomic E-state index is -0.554. The van der Waals surface area contributed by atoms with Crippen LogP contribution < -0.4 is 0 Å². The Balaban J connectivity index is 1.35. The second-order valence-corrected chi connectivity index (χ2v) is 12.6. The number of imidazole rings is 1. The van der Waals surface area contributed by atoms with Gasteiger partial charge in [0.2, 0.25) is 0 Å². The molecule has 0 radical (unpaired) electrons. The first-order chi connectivity index (χ1) is 23.3. The van der Waals surface area contributed by atoms with Crippen molar-refractivity contribution >= 4 is 33.0 Å². The van der Waals surface area contributed by atoms with Gasteiger partial charge in [-0.15, -0.1) is 0 Å². The first-order valence-electron chi connectivity index (χ1n) is 16.2. The highest BCUT2D eigenvalue weighted by atomic mass is 16.3. The van der Waals surface area contributed by atoms with Gasteiger partial charge in [0.05, 0.1) is 16.4 Å². The highest BCUT2D eigenvalue weighted by Gasteiger charge is 2.54. The monoisotopic (exact) mass is 598 g/mol. The quantitative estimate of drug-likeness (QED) is 0.198. The van der Waals surface area contributed by atoms with Crippen LogP contribution in [0.2, 0.25) is 0 Å². The molecule has 2 heterocycles. The lowest BCUT2D eigenvalue weighted by molar-refractivity contribution is 0.669. The molecule has 0 bridgehead atoms. The molecule has 2 aliphatic carbocycles. The van der Waals surface area contributed by atoms with Crippen molar-refractivity contribution < 1.29 is 4.42 Å². The second-order valence-electron chi connectivity index (χ2n) is 12.6. The van der Waals surface area contributed by atoms with Crippen molar-refractivity contribution in [1.29, 1.82) is 0 Å². The number of aromatic nitrogens is 2. The lowest BCUT2D eigenvalue weighted by Gasteiger charge is -2.32. The lowest BCUT2D eigenvalue weighted by atomic mass is 9.69. The summed E-state index contributed by atoms with van der Waals surface area (Å²) in [5.41, 5.74) is 15.6. The van der Waals surface area contributed by atoms with Crippen LogP contribution >= 0.6 is 0 Å². The molecule has 7 aromatic carbocycles.